The maximum Gasteiger partial charge on any atom is 0.220 e. The number of ether oxygens (including phenoxy) is 1. The van der Waals surface area contributed by atoms with E-state index in [-0.39, 0.29) is 5.91 Å². The lowest BCUT2D eigenvalue weighted by Gasteiger charge is -2.34. The standard InChI is InChI=1S/C20H31ClN4O2/c1-4-23-20(25-11-8-15(9-12-25)13-19(26)22-2)24-10-7-16-5-6-17(27-3)14-18(16)21/h5-6,14-15H,4,7-13H2,1-3H3,(H,22,26)(H,23,24). The Morgan fingerprint density at radius 1 is 1.37 bits per heavy atom. The molecule has 1 aliphatic heterocycles. The first kappa shape index (κ1) is 21.4. The molecule has 1 aromatic rings. The fraction of sp³-hybridized carbons (Fsp3) is 0.600. The van der Waals surface area contributed by atoms with Gasteiger partial charge in [-0.15, -0.1) is 0 Å². The maximum atomic E-state index is 11.6. The molecule has 6 nitrogen and oxygen atoms in total. The Balaban J connectivity index is 1.90. The molecule has 2 rings (SSSR count). The fourth-order valence-corrected chi connectivity index (χ4v) is 3.54. The lowest BCUT2D eigenvalue weighted by atomic mass is 9.93. The van der Waals surface area contributed by atoms with Crippen LogP contribution in [-0.2, 0) is 11.2 Å². The van der Waals surface area contributed by atoms with Gasteiger partial charge in [0.15, 0.2) is 5.96 Å². The molecule has 0 aromatic heterocycles. The zero-order valence-electron chi connectivity index (χ0n) is 16.6. The van der Waals surface area contributed by atoms with E-state index in [9.17, 15) is 4.79 Å². The van der Waals surface area contributed by atoms with Gasteiger partial charge in [0.05, 0.1) is 7.11 Å². The number of carbonyl (C=O) groups excluding carboxylic acids is 1. The van der Waals surface area contributed by atoms with Gasteiger partial charge in [-0.2, -0.15) is 0 Å². The summed E-state index contributed by atoms with van der Waals surface area (Å²) < 4.78 is 5.19. The Bertz CT molecular complexity index is 643. The molecule has 1 fully saturated rings. The number of halogens is 1. The van der Waals surface area contributed by atoms with Crippen molar-refractivity contribution in [3.63, 3.8) is 0 Å². The van der Waals surface area contributed by atoms with Gasteiger partial charge in [-0.05, 0) is 49.8 Å². The Hall–Kier alpha value is -1.95. The quantitative estimate of drug-likeness (QED) is 0.551. The van der Waals surface area contributed by atoms with Crippen LogP contribution in [0.1, 0.15) is 31.7 Å². The van der Waals surface area contributed by atoms with Crippen LogP contribution in [-0.4, -0.2) is 57.1 Å². The highest BCUT2D eigenvalue weighted by atomic mass is 35.5. The summed E-state index contributed by atoms with van der Waals surface area (Å²) in [6, 6.07) is 5.75. The second-order valence-corrected chi connectivity index (χ2v) is 7.16. The van der Waals surface area contributed by atoms with E-state index >= 15 is 0 Å². The van der Waals surface area contributed by atoms with Gasteiger partial charge in [0.1, 0.15) is 5.75 Å². The normalized spacial score (nSPS) is 15.6. The summed E-state index contributed by atoms with van der Waals surface area (Å²) in [6.07, 6.45) is 3.43. The smallest absolute Gasteiger partial charge is 0.220 e. The largest absolute Gasteiger partial charge is 0.497 e. The molecule has 1 saturated heterocycles. The van der Waals surface area contributed by atoms with E-state index < -0.39 is 0 Å². The summed E-state index contributed by atoms with van der Waals surface area (Å²) in [5.74, 6) is 2.30. The Morgan fingerprint density at radius 2 is 2.11 bits per heavy atom. The molecular formula is C20H31ClN4O2. The lowest BCUT2D eigenvalue weighted by molar-refractivity contribution is -0.121. The van der Waals surface area contributed by atoms with Crippen molar-refractivity contribution < 1.29 is 9.53 Å². The summed E-state index contributed by atoms with van der Waals surface area (Å²) in [7, 11) is 3.33. The minimum Gasteiger partial charge on any atom is -0.497 e. The topological polar surface area (TPSA) is 66.0 Å². The average Bonchev–Trinajstić information content (AvgIpc) is 2.69. The number of methoxy groups -OCH3 is 1. The van der Waals surface area contributed by atoms with Gasteiger partial charge >= 0.3 is 0 Å². The predicted octanol–water partition coefficient (Wildman–Crippen LogP) is 2.70. The van der Waals surface area contributed by atoms with Crippen LogP contribution in [0.2, 0.25) is 5.02 Å². The summed E-state index contributed by atoms with van der Waals surface area (Å²) in [4.78, 5) is 18.6. The van der Waals surface area contributed by atoms with Crippen molar-refractivity contribution in [3.05, 3.63) is 28.8 Å². The van der Waals surface area contributed by atoms with Gasteiger partial charge in [-0.1, -0.05) is 17.7 Å². The first-order valence-electron chi connectivity index (χ1n) is 9.63. The zero-order chi connectivity index (χ0) is 19.6. The minimum atomic E-state index is 0.130. The van der Waals surface area contributed by atoms with Crippen molar-refractivity contribution in [1.82, 2.24) is 15.5 Å². The molecule has 2 N–H and O–H groups in total. The van der Waals surface area contributed by atoms with E-state index in [4.69, 9.17) is 21.3 Å². The van der Waals surface area contributed by atoms with E-state index in [1.165, 1.54) is 0 Å². The summed E-state index contributed by atoms with van der Waals surface area (Å²) in [5, 5.41) is 6.81. The van der Waals surface area contributed by atoms with Gasteiger partial charge in [-0.25, -0.2) is 0 Å². The number of amides is 1. The Morgan fingerprint density at radius 3 is 2.70 bits per heavy atom. The van der Waals surface area contributed by atoms with Crippen LogP contribution >= 0.6 is 11.6 Å². The fourth-order valence-electron chi connectivity index (χ4n) is 3.28. The average molecular weight is 395 g/mol. The molecule has 0 unspecified atom stereocenters. The molecule has 1 amide bonds. The molecule has 1 heterocycles. The van der Waals surface area contributed by atoms with Crippen LogP contribution in [0.4, 0.5) is 0 Å². The van der Waals surface area contributed by atoms with Gasteiger partial charge in [0.25, 0.3) is 0 Å². The number of carbonyl (C=O) groups is 1. The molecule has 1 aromatic carbocycles. The third-order valence-electron chi connectivity index (χ3n) is 4.90. The highest BCUT2D eigenvalue weighted by molar-refractivity contribution is 6.31. The number of guanidine groups is 1. The van der Waals surface area contributed by atoms with Gasteiger partial charge in [-0.3, -0.25) is 9.79 Å². The highest BCUT2D eigenvalue weighted by Crippen LogP contribution is 2.23. The summed E-state index contributed by atoms with van der Waals surface area (Å²) in [6.45, 7) is 5.44. The first-order chi connectivity index (χ1) is 13.1. The third-order valence-corrected chi connectivity index (χ3v) is 5.26. The highest BCUT2D eigenvalue weighted by Gasteiger charge is 2.23. The molecule has 1 aliphatic rings. The number of nitrogens with one attached hydrogen (secondary N) is 2. The zero-order valence-corrected chi connectivity index (χ0v) is 17.3. The Kier molecular flexibility index (Phi) is 8.72. The van der Waals surface area contributed by atoms with Gasteiger partial charge in [0.2, 0.25) is 5.91 Å². The number of hydrogen-bond acceptors (Lipinski definition) is 3. The SMILES string of the molecule is CCNC(=NCCc1ccc(OC)cc1Cl)N1CCC(CC(=O)NC)CC1. The van der Waals surface area contributed by atoms with Crippen molar-refractivity contribution in [1.29, 1.82) is 0 Å². The van der Waals surface area contributed by atoms with Crippen molar-refractivity contribution >= 4 is 23.5 Å². The minimum absolute atomic E-state index is 0.130. The monoisotopic (exact) mass is 394 g/mol. The molecule has 7 heteroatoms. The van der Waals surface area contributed by atoms with Crippen LogP contribution in [0.15, 0.2) is 23.2 Å². The lowest BCUT2D eigenvalue weighted by Crippen LogP contribution is -2.46. The summed E-state index contributed by atoms with van der Waals surface area (Å²) in [5.41, 5.74) is 1.07. The van der Waals surface area contributed by atoms with Crippen molar-refractivity contribution in [2.75, 3.05) is 40.3 Å². The molecule has 0 saturated carbocycles. The maximum absolute atomic E-state index is 11.6. The third kappa shape index (κ3) is 6.61. The molecule has 0 aliphatic carbocycles. The van der Waals surface area contributed by atoms with Gasteiger partial charge < -0.3 is 20.3 Å². The van der Waals surface area contributed by atoms with Crippen LogP contribution in [0.3, 0.4) is 0 Å². The van der Waals surface area contributed by atoms with Gasteiger partial charge in [0, 0.05) is 44.7 Å². The van der Waals surface area contributed by atoms with E-state index in [0.29, 0.717) is 23.9 Å². The number of aliphatic imine (C=N–C) groups is 1. The molecule has 0 spiro atoms. The van der Waals surface area contributed by atoms with E-state index in [2.05, 4.69) is 22.5 Å². The molecule has 27 heavy (non-hydrogen) atoms. The van der Waals surface area contributed by atoms with Crippen LogP contribution in [0.25, 0.3) is 0 Å². The number of piperidine rings is 1. The molecule has 0 atom stereocenters. The van der Waals surface area contributed by atoms with E-state index in [1.807, 2.05) is 18.2 Å². The molecule has 0 bridgehead atoms. The van der Waals surface area contributed by atoms with Crippen molar-refractivity contribution in [2.45, 2.75) is 32.6 Å². The van der Waals surface area contributed by atoms with Crippen LogP contribution < -0.4 is 15.4 Å². The van der Waals surface area contributed by atoms with E-state index in [0.717, 1.165) is 56.2 Å². The molecule has 150 valence electrons. The van der Waals surface area contributed by atoms with Crippen molar-refractivity contribution in [2.24, 2.45) is 10.9 Å². The second-order valence-electron chi connectivity index (χ2n) is 6.75. The number of benzene rings is 1. The predicted molar refractivity (Wildman–Crippen MR) is 111 cm³/mol. The molecule has 0 radical (unpaired) electrons. The van der Waals surface area contributed by atoms with Crippen molar-refractivity contribution in [3.8, 4) is 5.75 Å². The van der Waals surface area contributed by atoms with Crippen LogP contribution in [0.5, 0.6) is 5.75 Å². The van der Waals surface area contributed by atoms with E-state index in [1.54, 1.807) is 14.2 Å². The molecular weight excluding hydrogens is 364 g/mol. The number of hydrogen-bond donors (Lipinski definition) is 2. The number of nitrogens with zero attached hydrogens (tertiary/aromatic N) is 2. The first-order valence-corrected chi connectivity index (χ1v) is 10.0. The Labute approximate surface area is 167 Å². The number of rotatable bonds is 7. The van der Waals surface area contributed by atoms with Crippen LogP contribution in [0, 0.1) is 5.92 Å². The number of likely N-dealkylation sites (tertiary alicyclic amines) is 1. The second kappa shape index (κ2) is 11.0. The summed E-state index contributed by atoms with van der Waals surface area (Å²) >= 11 is 6.32.